The Morgan fingerprint density at radius 3 is 2.54 bits per heavy atom. The monoisotopic (exact) mass is 372 g/mol. The molecule has 1 aliphatic heterocycles. The maximum Gasteiger partial charge on any atom is 0.411 e. The first kappa shape index (κ1) is 18.9. The maximum atomic E-state index is 12.5. The van der Waals surface area contributed by atoms with Crippen LogP contribution >= 0.6 is 23.2 Å². The van der Waals surface area contributed by atoms with E-state index in [1.54, 1.807) is 39.0 Å². The molecular formula is C17H20Cl2NO4-. The van der Waals surface area contributed by atoms with Crippen molar-refractivity contribution in [1.82, 2.24) is 4.90 Å². The Bertz CT molecular complexity index is 656. The number of carboxylic acids is 1. The van der Waals surface area contributed by atoms with Gasteiger partial charge in [-0.05, 0) is 51.3 Å². The highest BCUT2D eigenvalue weighted by Crippen LogP contribution is 2.36. The van der Waals surface area contributed by atoms with E-state index in [4.69, 9.17) is 27.9 Å². The summed E-state index contributed by atoms with van der Waals surface area (Å²) in [6.07, 6.45) is 0.227. The van der Waals surface area contributed by atoms with Crippen LogP contribution in [0.5, 0.6) is 0 Å². The number of ether oxygens (including phenoxy) is 1. The lowest BCUT2D eigenvalue weighted by molar-refractivity contribution is -0.317. The Hall–Kier alpha value is -1.46. The number of nitrogens with zero attached hydrogens (tertiary/aromatic N) is 1. The molecule has 0 bridgehead atoms. The number of rotatable bonds is 3. The van der Waals surface area contributed by atoms with Crippen LogP contribution in [0, 0.1) is 0 Å². The second-order valence-corrected chi connectivity index (χ2v) is 7.81. The number of hydrogen-bond acceptors (Lipinski definition) is 4. The number of carbonyl (C=O) groups excluding carboxylic acids is 2. The van der Waals surface area contributed by atoms with Crippen LogP contribution in [0.3, 0.4) is 0 Å². The van der Waals surface area contributed by atoms with Crippen LogP contribution in [0.15, 0.2) is 18.2 Å². The van der Waals surface area contributed by atoms with Crippen LogP contribution in [0.1, 0.15) is 39.2 Å². The van der Waals surface area contributed by atoms with Gasteiger partial charge < -0.3 is 14.6 Å². The molecule has 1 saturated heterocycles. The molecule has 5 nitrogen and oxygen atoms in total. The minimum Gasteiger partial charge on any atom is -0.548 e. The van der Waals surface area contributed by atoms with Crippen LogP contribution in [0.25, 0.3) is 0 Å². The van der Waals surface area contributed by atoms with Crippen molar-refractivity contribution < 1.29 is 19.4 Å². The SMILES string of the molecule is CC(C)(C)OC(=O)N1CCC[C@]1(Cc1ccc(Cl)cc1Cl)C(=O)[O-]. The zero-order valence-electron chi connectivity index (χ0n) is 13.9. The van der Waals surface area contributed by atoms with Gasteiger partial charge in [-0.15, -0.1) is 0 Å². The van der Waals surface area contributed by atoms with Crippen LogP contribution in [-0.2, 0) is 16.0 Å². The summed E-state index contributed by atoms with van der Waals surface area (Å²) in [6, 6.07) is 4.85. The molecule has 0 aromatic heterocycles. The Morgan fingerprint density at radius 1 is 1.33 bits per heavy atom. The Labute approximate surface area is 151 Å². The molecule has 132 valence electrons. The molecular weight excluding hydrogens is 353 g/mol. The van der Waals surface area contributed by atoms with E-state index in [9.17, 15) is 14.7 Å². The maximum absolute atomic E-state index is 12.5. The minimum atomic E-state index is -1.47. The summed E-state index contributed by atoms with van der Waals surface area (Å²) in [6.45, 7) is 5.50. The molecule has 2 rings (SSSR count). The molecule has 24 heavy (non-hydrogen) atoms. The van der Waals surface area contributed by atoms with Gasteiger partial charge >= 0.3 is 6.09 Å². The highest BCUT2D eigenvalue weighted by molar-refractivity contribution is 6.35. The number of likely N-dealkylation sites (tertiary alicyclic amines) is 1. The van der Waals surface area contributed by atoms with Crippen molar-refractivity contribution in [3.8, 4) is 0 Å². The van der Waals surface area contributed by atoms with E-state index >= 15 is 0 Å². The summed E-state index contributed by atoms with van der Waals surface area (Å²) < 4.78 is 5.36. The largest absolute Gasteiger partial charge is 0.548 e. The van der Waals surface area contributed by atoms with E-state index in [1.807, 2.05) is 0 Å². The van der Waals surface area contributed by atoms with Gasteiger partial charge in [0.15, 0.2) is 0 Å². The first-order chi connectivity index (χ1) is 11.0. The van der Waals surface area contributed by atoms with Crippen molar-refractivity contribution in [3.05, 3.63) is 33.8 Å². The van der Waals surface area contributed by atoms with Crippen molar-refractivity contribution >= 4 is 35.3 Å². The number of carbonyl (C=O) groups is 2. The predicted molar refractivity (Wildman–Crippen MR) is 90.1 cm³/mol. The van der Waals surface area contributed by atoms with E-state index in [2.05, 4.69) is 0 Å². The Balaban J connectivity index is 2.35. The Kier molecular flexibility index (Phi) is 5.35. The first-order valence-corrected chi connectivity index (χ1v) is 8.47. The van der Waals surface area contributed by atoms with Crippen molar-refractivity contribution in [2.24, 2.45) is 0 Å². The molecule has 0 N–H and O–H groups in total. The number of halogens is 2. The lowest BCUT2D eigenvalue weighted by atomic mass is 9.88. The van der Waals surface area contributed by atoms with E-state index in [0.717, 1.165) is 0 Å². The summed E-state index contributed by atoms with van der Waals surface area (Å²) in [5, 5.41) is 12.8. The van der Waals surface area contributed by atoms with Gasteiger partial charge in [-0.3, -0.25) is 4.90 Å². The average Bonchev–Trinajstić information content (AvgIpc) is 2.85. The average molecular weight is 373 g/mol. The highest BCUT2D eigenvalue weighted by Gasteiger charge is 2.46. The fourth-order valence-electron chi connectivity index (χ4n) is 2.91. The van der Waals surface area contributed by atoms with Gasteiger partial charge in [-0.2, -0.15) is 0 Å². The zero-order valence-corrected chi connectivity index (χ0v) is 15.4. The molecule has 1 aromatic rings. The second kappa shape index (κ2) is 6.81. The highest BCUT2D eigenvalue weighted by atomic mass is 35.5. The fourth-order valence-corrected chi connectivity index (χ4v) is 3.39. The van der Waals surface area contributed by atoms with Crippen molar-refractivity contribution in [1.29, 1.82) is 0 Å². The molecule has 0 unspecified atom stereocenters. The van der Waals surface area contributed by atoms with E-state index in [1.165, 1.54) is 4.90 Å². The molecule has 0 saturated carbocycles. The van der Waals surface area contributed by atoms with Gasteiger partial charge in [0.25, 0.3) is 0 Å². The molecule has 1 aromatic carbocycles. The van der Waals surface area contributed by atoms with Gasteiger partial charge in [0.2, 0.25) is 0 Å². The third kappa shape index (κ3) is 3.95. The van der Waals surface area contributed by atoms with Crippen LogP contribution in [0.4, 0.5) is 4.79 Å². The summed E-state index contributed by atoms with van der Waals surface area (Å²) >= 11 is 12.1. The smallest absolute Gasteiger partial charge is 0.411 e. The summed E-state index contributed by atoms with van der Waals surface area (Å²) in [4.78, 5) is 25.7. The number of carboxylic acid groups (broad SMARTS) is 1. The van der Waals surface area contributed by atoms with E-state index in [-0.39, 0.29) is 12.8 Å². The molecule has 1 aliphatic rings. The summed E-state index contributed by atoms with van der Waals surface area (Å²) in [5.74, 6) is -1.31. The van der Waals surface area contributed by atoms with Gasteiger partial charge in [0, 0.05) is 23.0 Å². The van der Waals surface area contributed by atoms with Gasteiger partial charge in [-0.25, -0.2) is 4.79 Å². The third-order valence-corrected chi connectivity index (χ3v) is 4.57. The number of hydrogen-bond donors (Lipinski definition) is 0. The van der Waals surface area contributed by atoms with Gasteiger partial charge in [0.1, 0.15) is 5.60 Å². The van der Waals surface area contributed by atoms with E-state index < -0.39 is 23.2 Å². The number of benzene rings is 1. The quantitative estimate of drug-likeness (QED) is 0.817. The van der Waals surface area contributed by atoms with Crippen molar-refractivity contribution in [2.75, 3.05) is 6.54 Å². The molecule has 0 spiro atoms. The number of aliphatic carboxylic acids is 1. The van der Waals surface area contributed by atoms with Crippen LogP contribution in [-0.4, -0.2) is 34.6 Å². The molecule has 7 heteroatoms. The first-order valence-electron chi connectivity index (χ1n) is 7.71. The van der Waals surface area contributed by atoms with Crippen LogP contribution in [0.2, 0.25) is 10.0 Å². The molecule has 1 fully saturated rings. The normalized spacial score (nSPS) is 21.0. The van der Waals surface area contributed by atoms with Gasteiger partial charge in [-0.1, -0.05) is 29.3 Å². The fraction of sp³-hybridized carbons (Fsp3) is 0.529. The molecule has 0 radical (unpaired) electrons. The number of amides is 1. The Morgan fingerprint density at radius 2 is 2.00 bits per heavy atom. The zero-order chi connectivity index (χ0) is 18.1. The lowest BCUT2D eigenvalue weighted by Crippen LogP contribution is -2.60. The van der Waals surface area contributed by atoms with Crippen LogP contribution < -0.4 is 5.11 Å². The molecule has 1 atom stereocenters. The molecule has 0 aliphatic carbocycles. The molecule has 1 heterocycles. The summed E-state index contributed by atoms with van der Waals surface area (Å²) in [7, 11) is 0. The summed E-state index contributed by atoms with van der Waals surface area (Å²) in [5.41, 5.74) is -1.59. The van der Waals surface area contributed by atoms with Crippen molar-refractivity contribution in [3.63, 3.8) is 0 Å². The van der Waals surface area contributed by atoms with Gasteiger partial charge in [0.05, 0.1) is 11.5 Å². The second-order valence-electron chi connectivity index (χ2n) is 6.97. The topological polar surface area (TPSA) is 69.7 Å². The molecule has 1 amide bonds. The third-order valence-electron chi connectivity index (χ3n) is 3.98. The van der Waals surface area contributed by atoms with E-state index in [0.29, 0.717) is 28.6 Å². The predicted octanol–water partition coefficient (Wildman–Crippen LogP) is 3.06. The standard InChI is InChI=1S/C17H21Cl2NO4/c1-16(2,3)24-15(23)20-8-4-7-17(20,14(21)22)10-11-5-6-12(18)9-13(11)19/h5-6,9H,4,7-8,10H2,1-3H3,(H,21,22)/p-1/t17-/m0/s1. The lowest BCUT2D eigenvalue weighted by Gasteiger charge is -2.40. The minimum absolute atomic E-state index is 0.0462. The van der Waals surface area contributed by atoms with Crippen molar-refractivity contribution in [2.45, 2.75) is 51.2 Å².